The summed E-state index contributed by atoms with van der Waals surface area (Å²) >= 11 is 0. The van der Waals surface area contributed by atoms with Gasteiger partial charge in [-0.15, -0.1) is 0 Å². The molecule has 0 aromatic carbocycles. The molecule has 3 rings (SSSR count). The fourth-order valence-corrected chi connectivity index (χ4v) is 3.45. The Hall–Kier alpha value is -1.43. The van der Waals surface area contributed by atoms with Crippen molar-refractivity contribution < 1.29 is 4.79 Å². The number of carbonyl (C=O) groups excluding carboxylic acids is 1. The summed E-state index contributed by atoms with van der Waals surface area (Å²) < 4.78 is 1.79. The molecule has 2 aliphatic heterocycles. The first-order valence-corrected chi connectivity index (χ1v) is 7.50. The maximum absolute atomic E-state index is 12.1. The van der Waals surface area contributed by atoms with Crippen molar-refractivity contribution in [1.29, 1.82) is 0 Å². The van der Waals surface area contributed by atoms with Crippen molar-refractivity contribution in [2.75, 3.05) is 26.2 Å². The highest BCUT2D eigenvalue weighted by molar-refractivity contribution is 5.77. The maximum Gasteiger partial charge on any atom is 0.222 e. The largest absolute Gasteiger partial charge is 0.342 e. The quantitative estimate of drug-likeness (QED) is 0.866. The summed E-state index contributed by atoms with van der Waals surface area (Å²) in [7, 11) is 1.90. The van der Waals surface area contributed by atoms with Crippen molar-refractivity contribution in [2.24, 2.45) is 12.5 Å². The van der Waals surface area contributed by atoms with Crippen LogP contribution in [0.4, 0.5) is 0 Å². The van der Waals surface area contributed by atoms with Crippen LogP contribution in [0.5, 0.6) is 0 Å². The van der Waals surface area contributed by atoms with E-state index in [9.17, 15) is 4.79 Å². The normalized spacial score (nSPS) is 22.4. The van der Waals surface area contributed by atoms with Crippen molar-refractivity contribution >= 4 is 5.91 Å². The van der Waals surface area contributed by atoms with Crippen LogP contribution in [0.1, 0.15) is 31.5 Å². The molecule has 1 aromatic rings. The Kier molecular flexibility index (Phi) is 3.74. The Morgan fingerprint density at radius 1 is 1.35 bits per heavy atom. The molecule has 2 aliphatic rings. The standard InChI is InChI=1S/C14H23N5O/c1-18-12(16-11-17-18)3-9-19-10-14(4-2-13(19)20)5-7-15-8-6-14/h11,15H,2-10H2,1H3. The summed E-state index contributed by atoms with van der Waals surface area (Å²) in [6.07, 6.45) is 6.52. The highest BCUT2D eigenvalue weighted by atomic mass is 16.2. The number of aromatic nitrogens is 3. The van der Waals surface area contributed by atoms with E-state index in [1.807, 2.05) is 11.9 Å². The van der Waals surface area contributed by atoms with E-state index < -0.39 is 0 Å². The first kappa shape index (κ1) is 13.5. The third kappa shape index (κ3) is 2.70. The third-order valence-electron chi connectivity index (χ3n) is 4.82. The predicted octanol–water partition coefficient (Wildman–Crippen LogP) is 0.350. The number of rotatable bonds is 3. The van der Waals surface area contributed by atoms with Gasteiger partial charge in [0, 0.05) is 33.0 Å². The second-order valence-corrected chi connectivity index (χ2v) is 6.12. The molecule has 1 amide bonds. The van der Waals surface area contributed by atoms with Gasteiger partial charge < -0.3 is 10.2 Å². The summed E-state index contributed by atoms with van der Waals surface area (Å²) in [4.78, 5) is 18.4. The van der Waals surface area contributed by atoms with Gasteiger partial charge in [-0.05, 0) is 37.8 Å². The average molecular weight is 277 g/mol. The van der Waals surface area contributed by atoms with E-state index >= 15 is 0 Å². The monoisotopic (exact) mass is 277 g/mol. The molecule has 20 heavy (non-hydrogen) atoms. The summed E-state index contributed by atoms with van der Waals surface area (Å²) in [5, 5.41) is 7.50. The van der Waals surface area contributed by atoms with Gasteiger partial charge in [-0.25, -0.2) is 4.98 Å². The number of likely N-dealkylation sites (tertiary alicyclic amines) is 1. The van der Waals surface area contributed by atoms with Gasteiger partial charge in [0.1, 0.15) is 12.2 Å². The molecule has 0 aliphatic carbocycles. The van der Waals surface area contributed by atoms with Crippen molar-refractivity contribution in [3.63, 3.8) is 0 Å². The molecule has 110 valence electrons. The molecule has 2 saturated heterocycles. The summed E-state index contributed by atoms with van der Waals surface area (Å²) in [5.74, 6) is 1.25. The van der Waals surface area contributed by atoms with Crippen LogP contribution in [0.3, 0.4) is 0 Å². The highest BCUT2D eigenvalue weighted by Gasteiger charge is 2.39. The molecular formula is C14H23N5O. The lowest BCUT2D eigenvalue weighted by molar-refractivity contribution is -0.138. The zero-order valence-corrected chi connectivity index (χ0v) is 12.1. The minimum absolute atomic E-state index is 0.302. The second kappa shape index (κ2) is 5.52. The zero-order valence-electron chi connectivity index (χ0n) is 12.1. The summed E-state index contributed by atoms with van der Waals surface area (Å²) in [6.45, 7) is 3.86. The van der Waals surface area contributed by atoms with Gasteiger partial charge in [-0.2, -0.15) is 5.10 Å². The smallest absolute Gasteiger partial charge is 0.222 e. The van der Waals surface area contributed by atoms with Gasteiger partial charge in [0.2, 0.25) is 5.91 Å². The minimum Gasteiger partial charge on any atom is -0.342 e. The molecule has 1 spiro atoms. The highest BCUT2D eigenvalue weighted by Crippen LogP contribution is 2.38. The van der Waals surface area contributed by atoms with E-state index in [0.29, 0.717) is 17.7 Å². The third-order valence-corrected chi connectivity index (χ3v) is 4.82. The topological polar surface area (TPSA) is 63.1 Å². The number of hydrogen-bond acceptors (Lipinski definition) is 4. The SMILES string of the molecule is Cn1ncnc1CCN1CC2(CCNCC2)CCC1=O. The number of hydrogen-bond donors (Lipinski definition) is 1. The molecule has 3 heterocycles. The van der Waals surface area contributed by atoms with E-state index in [4.69, 9.17) is 0 Å². The Morgan fingerprint density at radius 2 is 2.15 bits per heavy atom. The number of carbonyl (C=O) groups is 1. The van der Waals surface area contributed by atoms with Crippen LogP contribution >= 0.6 is 0 Å². The lowest BCUT2D eigenvalue weighted by Crippen LogP contribution is -2.51. The molecule has 0 bridgehead atoms. The molecule has 0 saturated carbocycles. The van der Waals surface area contributed by atoms with Crippen LogP contribution in [0.15, 0.2) is 6.33 Å². The molecule has 2 fully saturated rings. The van der Waals surface area contributed by atoms with E-state index in [0.717, 1.165) is 44.8 Å². The van der Waals surface area contributed by atoms with E-state index in [1.54, 1.807) is 11.0 Å². The Bertz CT molecular complexity index is 478. The van der Waals surface area contributed by atoms with Crippen LogP contribution in [0.25, 0.3) is 0 Å². The predicted molar refractivity (Wildman–Crippen MR) is 75.1 cm³/mol. The Morgan fingerprint density at radius 3 is 2.85 bits per heavy atom. The molecule has 0 atom stereocenters. The van der Waals surface area contributed by atoms with E-state index in [2.05, 4.69) is 15.4 Å². The van der Waals surface area contributed by atoms with Crippen LogP contribution in [0.2, 0.25) is 0 Å². The Balaban J connectivity index is 1.62. The lowest BCUT2D eigenvalue weighted by atomic mass is 9.72. The van der Waals surface area contributed by atoms with E-state index in [1.165, 1.54) is 12.8 Å². The fraction of sp³-hybridized carbons (Fsp3) is 0.786. The van der Waals surface area contributed by atoms with Crippen molar-refractivity contribution in [3.8, 4) is 0 Å². The fourth-order valence-electron chi connectivity index (χ4n) is 3.45. The van der Waals surface area contributed by atoms with E-state index in [-0.39, 0.29) is 0 Å². The molecule has 1 N–H and O–H groups in total. The lowest BCUT2D eigenvalue weighted by Gasteiger charge is -2.45. The molecule has 6 nitrogen and oxygen atoms in total. The van der Waals surface area contributed by atoms with Gasteiger partial charge in [0.25, 0.3) is 0 Å². The summed E-state index contributed by atoms with van der Waals surface area (Å²) in [5.41, 5.74) is 0.360. The first-order chi connectivity index (χ1) is 9.69. The second-order valence-electron chi connectivity index (χ2n) is 6.12. The van der Waals surface area contributed by atoms with Gasteiger partial charge in [-0.3, -0.25) is 9.48 Å². The van der Waals surface area contributed by atoms with Crippen LogP contribution in [0, 0.1) is 5.41 Å². The molecule has 0 radical (unpaired) electrons. The number of piperidine rings is 2. The van der Waals surface area contributed by atoms with Crippen LogP contribution < -0.4 is 5.32 Å². The van der Waals surface area contributed by atoms with Crippen molar-refractivity contribution in [1.82, 2.24) is 25.0 Å². The number of nitrogens with one attached hydrogen (secondary N) is 1. The van der Waals surface area contributed by atoms with Gasteiger partial charge in [0.05, 0.1) is 0 Å². The number of nitrogens with zero attached hydrogens (tertiary/aromatic N) is 4. The molecular weight excluding hydrogens is 254 g/mol. The van der Waals surface area contributed by atoms with Crippen LogP contribution in [-0.4, -0.2) is 51.8 Å². The van der Waals surface area contributed by atoms with Crippen molar-refractivity contribution in [3.05, 3.63) is 12.2 Å². The number of amides is 1. The molecule has 0 unspecified atom stereocenters. The van der Waals surface area contributed by atoms with Gasteiger partial charge in [-0.1, -0.05) is 0 Å². The number of aryl methyl sites for hydroxylation is 1. The molecule has 6 heteroatoms. The van der Waals surface area contributed by atoms with Crippen molar-refractivity contribution in [2.45, 2.75) is 32.1 Å². The van der Waals surface area contributed by atoms with Gasteiger partial charge >= 0.3 is 0 Å². The van der Waals surface area contributed by atoms with Gasteiger partial charge in [0.15, 0.2) is 0 Å². The average Bonchev–Trinajstić information content (AvgIpc) is 2.87. The molecule has 1 aromatic heterocycles. The minimum atomic E-state index is 0.302. The zero-order chi connectivity index (χ0) is 14.0. The Labute approximate surface area is 119 Å². The summed E-state index contributed by atoms with van der Waals surface area (Å²) in [6, 6.07) is 0. The maximum atomic E-state index is 12.1. The first-order valence-electron chi connectivity index (χ1n) is 7.50. The van der Waals surface area contributed by atoms with Crippen LogP contribution in [-0.2, 0) is 18.3 Å².